The van der Waals surface area contributed by atoms with Crippen molar-refractivity contribution < 1.29 is 4.79 Å². The lowest BCUT2D eigenvalue weighted by Gasteiger charge is -2.36. The Morgan fingerprint density at radius 2 is 1.79 bits per heavy atom. The Balaban J connectivity index is 1.77. The summed E-state index contributed by atoms with van der Waals surface area (Å²) in [6, 6.07) is 11.8. The number of anilines is 1. The summed E-state index contributed by atoms with van der Waals surface area (Å²) in [6.07, 6.45) is 1.80. The molecule has 33 heavy (non-hydrogen) atoms. The molecule has 2 fully saturated rings. The van der Waals surface area contributed by atoms with Gasteiger partial charge in [-0.25, -0.2) is 0 Å². The molecule has 0 radical (unpaired) electrons. The van der Waals surface area contributed by atoms with Crippen LogP contribution in [-0.2, 0) is 18.4 Å². The smallest absolute Gasteiger partial charge is 0.270 e. The monoisotopic (exact) mass is 479 g/mol. The first kappa shape index (κ1) is 23.2. The predicted octanol–water partition coefficient (Wildman–Crippen LogP) is 2.72. The third-order valence-electron chi connectivity index (χ3n) is 6.10. The van der Waals surface area contributed by atoms with Crippen LogP contribution in [0.4, 0.5) is 5.82 Å². The van der Waals surface area contributed by atoms with Gasteiger partial charge in [-0.05, 0) is 31.2 Å². The second-order valence-electron chi connectivity index (χ2n) is 8.26. The molecule has 4 rings (SSSR count). The molecule has 2 aliphatic heterocycles. The van der Waals surface area contributed by atoms with Crippen molar-refractivity contribution in [2.24, 2.45) is 7.05 Å². The van der Waals surface area contributed by atoms with Crippen LogP contribution in [0.15, 0.2) is 40.0 Å². The maximum absolute atomic E-state index is 13.3. The van der Waals surface area contributed by atoms with Crippen molar-refractivity contribution in [1.29, 1.82) is 5.26 Å². The standard InChI is InChI=1S/C24H25N5O2S2/c1-16-18(13-20-23(31)29(24(32)33-20)15-17-7-5-4-6-8-17)21(27(3)22(30)19(16)14-25)28-11-9-26(2)10-12-28/h4-8,13H,9-12,15H2,1-3H3/b20-13+. The molecule has 3 heterocycles. The summed E-state index contributed by atoms with van der Waals surface area (Å²) in [7, 11) is 3.76. The molecule has 2 aromatic rings. The minimum atomic E-state index is -0.322. The zero-order valence-electron chi connectivity index (χ0n) is 18.9. The highest BCUT2D eigenvalue weighted by molar-refractivity contribution is 8.26. The van der Waals surface area contributed by atoms with E-state index in [0.29, 0.717) is 21.3 Å². The fourth-order valence-electron chi connectivity index (χ4n) is 4.15. The van der Waals surface area contributed by atoms with E-state index in [1.165, 1.54) is 16.3 Å². The van der Waals surface area contributed by atoms with Crippen molar-refractivity contribution in [3.63, 3.8) is 0 Å². The Bertz CT molecular complexity index is 1240. The number of thiocarbonyl (C=S) groups is 1. The van der Waals surface area contributed by atoms with Gasteiger partial charge in [-0.3, -0.25) is 19.1 Å². The average Bonchev–Trinajstić information content (AvgIpc) is 3.07. The number of carbonyl (C=O) groups excluding carboxylic acids is 1. The average molecular weight is 480 g/mol. The molecule has 7 nitrogen and oxygen atoms in total. The van der Waals surface area contributed by atoms with Crippen molar-refractivity contribution in [1.82, 2.24) is 14.4 Å². The number of nitriles is 1. The van der Waals surface area contributed by atoms with Gasteiger partial charge in [-0.15, -0.1) is 0 Å². The van der Waals surface area contributed by atoms with Crippen LogP contribution in [0.5, 0.6) is 0 Å². The molecule has 9 heteroatoms. The maximum Gasteiger partial charge on any atom is 0.270 e. The summed E-state index contributed by atoms with van der Waals surface area (Å²) >= 11 is 6.77. The second-order valence-corrected chi connectivity index (χ2v) is 9.93. The number of nitrogens with zero attached hydrogens (tertiary/aromatic N) is 5. The van der Waals surface area contributed by atoms with E-state index in [-0.39, 0.29) is 17.0 Å². The molecule has 0 atom stereocenters. The van der Waals surface area contributed by atoms with Gasteiger partial charge in [0, 0.05) is 38.8 Å². The second kappa shape index (κ2) is 9.51. The summed E-state index contributed by atoms with van der Waals surface area (Å²) in [4.78, 5) is 32.6. The minimum Gasteiger partial charge on any atom is -0.355 e. The quantitative estimate of drug-likeness (QED) is 0.493. The van der Waals surface area contributed by atoms with Crippen LogP contribution in [0.3, 0.4) is 0 Å². The number of hydrogen-bond acceptors (Lipinski definition) is 7. The summed E-state index contributed by atoms with van der Waals surface area (Å²) in [5.41, 5.74) is 2.08. The number of rotatable bonds is 4. The van der Waals surface area contributed by atoms with Crippen molar-refractivity contribution in [2.45, 2.75) is 13.5 Å². The van der Waals surface area contributed by atoms with E-state index in [1.807, 2.05) is 30.3 Å². The topological polar surface area (TPSA) is 72.6 Å². The Kier molecular flexibility index (Phi) is 6.70. The van der Waals surface area contributed by atoms with Gasteiger partial charge in [-0.1, -0.05) is 54.3 Å². The maximum atomic E-state index is 13.3. The number of likely N-dealkylation sites (N-methyl/N-ethyl adjacent to an activating group) is 1. The first-order valence-corrected chi connectivity index (χ1v) is 11.9. The lowest BCUT2D eigenvalue weighted by molar-refractivity contribution is -0.122. The molecule has 0 unspecified atom stereocenters. The summed E-state index contributed by atoms with van der Waals surface area (Å²) in [5.74, 6) is 0.572. The SMILES string of the molecule is Cc1c(/C=C2/SC(=S)N(Cc3ccccc3)C2=O)c(N2CCN(C)CC2)n(C)c(=O)c1C#N. The highest BCUT2D eigenvalue weighted by Gasteiger charge is 2.33. The summed E-state index contributed by atoms with van der Waals surface area (Å²) < 4.78 is 2.03. The van der Waals surface area contributed by atoms with E-state index >= 15 is 0 Å². The molecule has 0 spiro atoms. The predicted molar refractivity (Wildman–Crippen MR) is 136 cm³/mol. The van der Waals surface area contributed by atoms with Crippen LogP contribution in [0, 0.1) is 18.3 Å². The number of piperazine rings is 1. The van der Waals surface area contributed by atoms with Crippen molar-refractivity contribution >= 4 is 46.1 Å². The van der Waals surface area contributed by atoms with Crippen LogP contribution in [-0.4, -0.2) is 57.8 Å². The number of thioether (sulfide) groups is 1. The van der Waals surface area contributed by atoms with Crippen molar-refractivity contribution in [2.75, 3.05) is 38.1 Å². The third kappa shape index (κ3) is 4.47. The normalized spacial score (nSPS) is 18.3. The number of pyridine rings is 1. The number of aromatic nitrogens is 1. The molecular weight excluding hydrogens is 454 g/mol. The van der Waals surface area contributed by atoms with E-state index < -0.39 is 0 Å². The summed E-state index contributed by atoms with van der Waals surface area (Å²) in [5, 5.41) is 9.64. The van der Waals surface area contributed by atoms with Gasteiger partial charge in [0.15, 0.2) is 0 Å². The van der Waals surface area contributed by atoms with Gasteiger partial charge in [0.1, 0.15) is 21.8 Å². The molecule has 0 N–H and O–H groups in total. The molecule has 0 bridgehead atoms. The first-order chi connectivity index (χ1) is 15.8. The Morgan fingerprint density at radius 3 is 2.42 bits per heavy atom. The Morgan fingerprint density at radius 1 is 1.12 bits per heavy atom. The van der Waals surface area contributed by atoms with E-state index in [0.717, 1.165) is 43.1 Å². The van der Waals surface area contributed by atoms with Crippen molar-refractivity contribution in [3.8, 4) is 6.07 Å². The van der Waals surface area contributed by atoms with Crippen LogP contribution in [0.25, 0.3) is 6.08 Å². The van der Waals surface area contributed by atoms with Gasteiger partial charge >= 0.3 is 0 Å². The van der Waals surface area contributed by atoms with E-state index in [2.05, 4.69) is 22.9 Å². The zero-order chi connectivity index (χ0) is 23.7. The lowest BCUT2D eigenvalue weighted by Crippen LogP contribution is -2.46. The molecule has 1 aromatic carbocycles. The van der Waals surface area contributed by atoms with Gasteiger partial charge < -0.3 is 9.80 Å². The Hall–Kier alpha value is -2.93. The number of amides is 1. The first-order valence-electron chi connectivity index (χ1n) is 10.7. The Labute approximate surface area is 202 Å². The highest BCUT2D eigenvalue weighted by atomic mass is 32.2. The minimum absolute atomic E-state index is 0.0985. The fraction of sp³-hybridized carbons (Fsp3) is 0.333. The van der Waals surface area contributed by atoms with Gasteiger partial charge in [0.2, 0.25) is 0 Å². The van der Waals surface area contributed by atoms with E-state index in [4.69, 9.17) is 12.2 Å². The fourth-order valence-corrected chi connectivity index (χ4v) is 5.38. The highest BCUT2D eigenvalue weighted by Crippen LogP contribution is 2.36. The zero-order valence-corrected chi connectivity index (χ0v) is 20.5. The van der Waals surface area contributed by atoms with Crippen LogP contribution < -0.4 is 10.5 Å². The summed E-state index contributed by atoms with van der Waals surface area (Å²) in [6.45, 7) is 5.42. The van der Waals surface area contributed by atoms with E-state index in [1.54, 1.807) is 24.9 Å². The van der Waals surface area contributed by atoms with E-state index in [9.17, 15) is 14.9 Å². The van der Waals surface area contributed by atoms with Gasteiger partial charge in [-0.2, -0.15) is 5.26 Å². The van der Waals surface area contributed by atoms with Crippen LogP contribution in [0.2, 0.25) is 0 Å². The van der Waals surface area contributed by atoms with Gasteiger partial charge in [0.05, 0.1) is 11.4 Å². The largest absolute Gasteiger partial charge is 0.355 e. The molecular formula is C24H25N5O2S2. The molecule has 2 aliphatic rings. The molecule has 2 saturated heterocycles. The lowest BCUT2D eigenvalue weighted by atomic mass is 10.0. The number of hydrogen-bond donors (Lipinski definition) is 0. The molecule has 1 aromatic heterocycles. The van der Waals surface area contributed by atoms with Crippen molar-refractivity contribution in [3.05, 3.63) is 67.8 Å². The van der Waals surface area contributed by atoms with Crippen LogP contribution >= 0.6 is 24.0 Å². The molecule has 1 amide bonds. The molecule has 0 aliphatic carbocycles. The molecule has 170 valence electrons. The van der Waals surface area contributed by atoms with Crippen LogP contribution in [0.1, 0.15) is 22.3 Å². The number of carbonyl (C=O) groups is 1. The third-order valence-corrected chi connectivity index (χ3v) is 7.48. The molecule has 0 saturated carbocycles. The van der Waals surface area contributed by atoms with Gasteiger partial charge in [0.25, 0.3) is 11.5 Å². The number of benzene rings is 1.